The number of allylic oxidation sites excluding steroid dienone is 2. The first-order valence-electron chi connectivity index (χ1n) is 8.05. The normalized spacial score (nSPS) is 13.7. The number of halogens is 2. The molecule has 2 rings (SSSR count). The molecule has 0 unspecified atom stereocenters. The van der Waals surface area contributed by atoms with Crippen molar-refractivity contribution in [3.8, 4) is 0 Å². The molecular formula is C19H30Cl2NO2Ti. The molecule has 0 amide bonds. The van der Waals surface area contributed by atoms with Gasteiger partial charge in [0.15, 0.2) is 0 Å². The zero-order valence-corrected chi connectivity index (χ0v) is 19.2. The zero-order valence-electron chi connectivity index (χ0n) is 16.0. The summed E-state index contributed by atoms with van der Waals surface area (Å²) in [6, 6.07) is 8.71. The molecule has 0 heterocycles. The van der Waals surface area contributed by atoms with Gasteiger partial charge in [-0.15, -0.1) is 24.8 Å². The van der Waals surface area contributed by atoms with E-state index in [2.05, 4.69) is 76.2 Å². The van der Waals surface area contributed by atoms with Crippen molar-refractivity contribution in [3.05, 3.63) is 47.6 Å². The molecule has 0 saturated carbocycles. The quantitative estimate of drug-likeness (QED) is 0.374. The molecule has 1 aromatic carbocycles. The number of rotatable bonds is 6. The van der Waals surface area contributed by atoms with Crippen molar-refractivity contribution >= 4 is 34.3 Å². The number of benzene rings is 1. The van der Waals surface area contributed by atoms with Crippen LogP contribution in [0.4, 0.5) is 0 Å². The second-order valence-electron chi connectivity index (χ2n) is 7.22. The summed E-state index contributed by atoms with van der Waals surface area (Å²) < 4.78 is 7.29. The molecule has 0 atom stereocenters. The van der Waals surface area contributed by atoms with Gasteiger partial charge in [0.1, 0.15) is 0 Å². The first-order chi connectivity index (χ1) is 10.8. The van der Waals surface area contributed by atoms with Crippen molar-refractivity contribution in [2.45, 2.75) is 30.9 Å². The van der Waals surface area contributed by atoms with E-state index < -0.39 is 18.3 Å². The van der Waals surface area contributed by atoms with Gasteiger partial charge in [0, 0.05) is 0 Å². The van der Waals surface area contributed by atoms with Crippen LogP contribution in [0.2, 0.25) is 3.72 Å². The summed E-state index contributed by atoms with van der Waals surface area (Å²) in [5.74, 6) is 0. The molecule has 25 heavy (non-hydrogen) atoms. The number of likely N-dealkylation sites (N-methyl/N-ethyl adjacent to an activating group) is 1. The molecule has 0 saturated heterocycles. The summed E-state index contributed by atoms with van der Waals surface area (Å²) in [6.45, 7) is 7.72. The van der Waals surface area contributed by atoms with E-state index in [0.717, 1.165) is 13.0 Å². The molecule has 1 aromatic rings. The topological polar surface area (TPSA) is 21.7 Å². The van der Waals surface area contributed by atoms with Crippen molar-refractivity contribution < 1.29 is 26.6 Å². The molecule has 0 aromatic heterocycles. The molecule has 0 spiro atoms. The summed E-state index contributed by atoms with van der Waals surface area (Å²) in [6.07, 6.45) is 5.53. The minimum Gasteiger partial charge on any atom is -0.147 e. The average molecular weight is 423 g/mol. The van der Waals surface area contributed by atoms with Crippen LogP contribution in [0.25, 0.3) is 5.57 Å². The second kappa shape index (κ2) is 10.9. The molecule has 0 radical (unpaired) electrons. The Morgan fingerprint density at radius 2 is 1.76 bits per heavy atom. The van der Waals surface area contributed by atoms with Crippen LogP contribution in [-0.4, -0.2) is 32.6 Å². The van der Waals surface area contributed by atoms with E-state index in [1.807, 2.05) is 0 Å². The SMILES string of the molecule is CO[O][Ti]([c]1ccccc1C1=C(CN(C)C)C=CC1)[C](C)(C)C.Cl.Cl. The fourth-order valence-corrected chi connectivity index (χ4v) is 6.11. The van der Waals surface area contributed by atoms with Gasteiger partial charge in [-0.3, -0.25) is 0 Å². The van der Waals surface area contributed by atoms with E-state index in [1.54, 1.807) is 7.11 Å². The molecule has 0 bridgehead atoms. The number of nitrogens with zero attached hydrogens (tertiary/aromatic N) is 1. The molecule has 6 heteroatoms. The van der Waals surface area contributed by atoms with Crippen LogP contribution >= 0.6 is 24.8 Å². The Morgan fingerprint density at radius 3 is 2.32 bits per heavy atom. The van der Waals surface area contributed by atoms with E-state index in [4.69, 9.17) is 8.36 Å². The molecule has 141 valence electrons. The van der Waals surface area contributed by atoms with Crippen molar-refractivity contribution in [3.63, 3.8) is 0 Å². The van der Waals surface area contributed by atoms with Gasteiger partial charge in [-0.1, -0.05) is 0 Å². The largest absolute Gasteiger partial charge is 0.147 e. The van der Waals surface area contributed by atoms with E-state index in [1.165, 1.54) is 20.6 Å². The molecule has 3 nitrogen and oxygen atoms in total. The first-order valence-corrected chi connectivity index (χ1v) is 10.3. The Bertz CT molecular complexity index is 610. The molecule has 1 aliphatic rings. The van der Waals surface area contributed by atoms with Crippen molar-refractivity contribution in [2.75, 3.05) is 27.7 Å². The van der Waals surface area contributed by atoms with Gasteiger partial charge in [0.2, 0.25) is 0 Å². The molecular weight excluding hydrogens is 393 g/mol. The maximum atomic E-state index is 5.82. The third-order valence-corrected chi connectivity index (χ3v) is 7.95. The number of hydrogen-bond acceptors (Lipinski definition) is 3. The van der Waals surface area contributed by atoms with Crippen LogP contribution in [0.5, 0.6) is 0 Å². The summed E-state index contributed by atoms with van der Waals surface area (Å²) >= 11 is -2.06. The standard InChI is InChI=1S/C14H16N.C4H9.CH4O2.2ClH.Ti/c1-15(2)11-13-9-6-10-14(13)12-7-4-3-5-8-12;1-4(2)3;1-3-2;;;/h3-7,9H,10-11H2,1-2H3;1-3H3;2H,1H3;2*1H;/q;;;;;+1/p-1. The van der Waals surface area contributed by atoms with Crippen molar-refractivity contribution in [2.24, 2.45) is 0 Å². The van der Waals surface area contributed by atoms with Crippen molar-refractivity contribution in [1.82, 2.24) is 4.90 Å². The Hall–Kier alpha value is -0.126. The molecule has 0 aliphatic heterocycles. The van der Waals surface area contributed by atoms with Crippen LogP contribution in [0, 0.1) is 0 Å². The molecule has 0 N–H and O–H groups in total. The van der Waals surface area contributed by atoms with Gasteiger partial charge in [-0.05, 0) is 0 Å². The fraction of sp³-hybridized carbons (Fsp3) is 0.474. The van der Waals surface area contributed by atoms with Crippen LogP contribution in [0.3, 0.4) is 0 Å². The molecule has 1 aliphatic carbocycles. The Labute approximate surface area is 171 Å². The van der Waals surface area contributed by atoms with Crippen LogP contribution in [-0.2, 0) is 26.6 Å². The predicted molar refractivity (Wildman–Crippen MR) is 108 cm³/mol. The summed E-state index contributed by atoms with van der Waals surface area (Å²) in [5, 5.41) is 0. The minimum absolute atomic E-state index is 0. The Balaban J connectivity index is 0.00000288. The third kappa shape index (κ3) is 6.51. The average Bonchev–Trinajstić information content (AvgIpc) is 2.90. The zero-order chi connectivity index (χ0) is 17.0. The van der Waals surface area contributed by atoms with E-state index >= 15 is 0 Å². The predicted octanol–water partition coefficient (Wildman–Crippen LogP) is 4.76. The third-order valence-electron chi connectivity index (χ3n) is 3.86. The van der Waals surface area contributed by atoms with E-state index in [9.17, 15) is 0 Å². The first kappa shape index (κ1) is 24.9. The molecule has 0 fully saturated rings. The van der Waals surface area contributed by atoms with E-state index in [0.29, 0.717) is 0 Å². The summed E-state index contributed by atoms with van der Waals surface area (Å²) in [5.41, 5.74) is 4.19. The van der Waals surface area contributed by atoms with Gasteiger partial charge in [0.05, 0.1) is 0 Å². The maximum Gasteiger partial charge on any atom is -0.147 e. The van der Waals surface area contributed by atoms with Gasteiger partial charge >= 0.3 is 147 Å². The van der Waals surface area contributed by atoms with Crippen LogP contribution in [0.1, 0.15) is 32.8 Å². The fourth-order valence-electron chi connectivity index (χ4n) is 2.92. The monoisotopic (exact) mass is 422 g/mol. The Morgan fingerprint density at radius 1 is 1.12 bits per heavy atom. The van der Waals surface area contributed by atoms with Crippen molar-refractivity contribution in [1.29, 1.82) is 0 Å². The second-order valence-corrected chi connectivity index (χ2v) is 11.7. The van der Waals surface area contributed by atoms with Gasteiger partial charge in [-0.25, -0.2) is 0 Å². The van der Waals surface area contributed by atoms with Crippen LogP contribution < -0.4 is 3.87 Å². The summed E-state index contributed by atoms with van der Waals surface area (Å²) in [4.78, 5) is 7.35. The number of hydrogen-bond donors (Lipinski definition) is 0. The Kier molecular flexibility index (Phi) is 10.8. The van der Waals surface area contributed by atoms with Crippen LogP contribution in [0.15, 0.2) is 42.0 Å². The minimum atomic E-state index is -2.06. The van der Waals surface area contributed by atoms with Gasteiger partial charge < -0.3 is 0 Å². The smallest absolute Gasteiger partial charge is 0.147 e. The van der Waals surface area contributed by atoms with Gasteiger partial charge in [-0.2, -0.15) is 0 Å². The van der Waals surface area contributed by atoms with Gasteiger partial charge in [0.25, 0.3) is 0 Å². The maximum absolute atomic E-state index is 5.82. The summed E-state index contributed by atoms with van der Waals surface area (Å²) in [7, 11) is 5.85. The van der Waals surface area contributed by atoms with E-state index in [-0.39, 0.29) is 28.5 Å².